The van der Waals surface area contributed by atoms with E-state index in [2.05, 4.69) is 30.3 Å². The number of pyridine rings is 1. The van der Waals surface area contributed by atoms with Crippen LogP contribution in [0.15, 0.2) is 53.3 Å². The molecule has 1 saturated carbocycles. The number of halogens is 1. The van der Waals surface area contributed by atoms with Crippen LogP contribution < -0.4 is 15.2 Å². The SMILES string of the molecule is COc1ccc2[nH]c(=O)c([C@@H](c3nnnn3C3CCCCC3)N3CCN(c4ccc(F)cc4)CC3)cc2c1. The van der Waals surface area contributed by atoms with Gasteiger partial charge in [-0.05, 0) is 71.8 Å². The first-order valence-electron chi connectivity index (χ1n) is 13.3. The summed E-state index contributed by atoms with van der Waals surface area (Å²) in [6.07, 6.45) is 5.61. The fraction of sp³-hybridized carbons (Fsp3) is 0.429. The van der Waals surface area contributed by atoms with E-state index in [9.17, 15) is 9.18 Å². The van der Waals surface area contributed by atoms with Crippen LogP contribution >= 0.6 is 0 Å². The van der Waals surface area contributed by atoms with Gasteiger partial charge in [-0.3, -0.25) is 9.69 Å². The van der Waals surface area contributed by atoms with Crippen LogP contribution in [-0.4, -0.2) is 63.4 Å². The topological polar surface area (TPSA) is 92.2 Å². The Morgan fingerprint density at radius 2 is 1.76 bits per heavy atom. The number of nitrogens with one attached hydrogen (secondary N) is 1. The molecule has 0 amide bonds. The standard InChI is InChI=1S/C28H32FN7O2/c1-38-23-11-12-25-19(17-23)18-24(28(37)30-25)26(27-31-32-33-36(27)22-5-3-2-4-6-22)35-15-13-34(14-16-35)21-9-7-20(29)8-10-21/h7-12,17-18,22,26H,2-6,13-16H2,1H3,(H,30,37)/t26-/m0/s1. The number of nitrogens with zero attached hydrogens (tertiary/aromatic N) is 6. The van der Waals surface area contributed by atoms with Crippen LogP contribution in [0.4, 0.5) is 10.1 Å². The van der Waals surface area contributed by atoms with Crippen molar-refractivity contribution in [1.29, 1.82) is 0 Å². The van der Waals surface area contributed by atoms with E-state index in [0.29, 0.717) is 24.5 Å². The summed E-state index contributed by atoms with van der Waals surface area (Å²) in [7, 11) is 1.63. The molecule has 2 aliphatic rings. The molecule has 2 aromatic carbocycles. The summed E-state index contributed by atoms with van der Waals surface area (Å²) in [6.45, 7) is 2.89. The lowest BCUT2D eigenvalue weighted by atomic mass is 9.95. The predicted molar refractivity (Wildman–Crippen MR) is 143 cm³/mol. The molecule has 0 bridgehead atoms. The molecular weight excluding hydrogens is 485 g/mol. The van der Waals surface area contributed by atoms with Crippen molar-refractivity contribution in [1.82, 2.24) is 30.1 Å². The molecule has 10 heteroatoms. The Morgan fingerprint density at radius 1 is 1.00 bits per heavy atom. The number of fused-ring (bicyclic) bond motifs is 1. The highest BCUT2D eigenvalue weighted by molar-refractivity contribution is 5.80. The number of hydrogen-bond donors (Lipinski definition) is 1. The summed E-state index contributed by atoms with van der Waals surface area (Å²) in [6, 6.07) is 14.0. The minimum Gasteiger partial charge on any atom is -0.497 e. The summed E-state index contributed by atoms with van der Waals surface area (Å²) in [5, 5.41) is 13.9. The number of aromatic amines is 1. The van der Waals surface area contributed by atoms with Gasteiger partial charge < -0.3 is 14.6 Å². The van der Waals surface area contributed by atoms with Crippen LogP contribution in [0.1, 0.15) is 55.6 Å². The molecule has 1 N–H and O–H groups in total. The molecule has 38 heavy (non-hydrogen) atoms. The number of benzene rings is 2. The largest absolute Gasteiger partial charge is 0.497 e. The minimum atomic E-state index is -0.401. The summed E-state index contributed by atoms with van der Waals surface area (Å²) >= 11 is 0. The highest BCUT2D eigenvalue weighted by Gasteiger charge is 2.34. The molecule has 198 valence electrons. The van der Waals surface area contributed by atoms with Crippen molar-refractivity contribution in [2.24, 2.45) is 0 Å². The van der Waals surface area contributed by atoms with Gasteiger partial charge in [-0.1, -0.05) is 19.3 Å². The van der Waals surface area contributed by atoms with Crippen molar-refractivity contribution in [3.05, 3.63) is 76.1 Å². The number of methoxy groups -OCH3 is 1. The quantitative estimate of drug-likeness (QED) is 0.412. The zero-order valence-electron chi connectivity index (χ0n) is 21.5. The molecule has 3 heterocycles. The lowest BCUT2D eigenvalue weighted by Gasteiger charge is -2.40. The van der Waals surface area contributed by atoms with E-state index in [-0.39, 0.29) is 17.4 Å². The van der Waals surface area contributed by atoms with Gasteiger partial charge in [0.15, 0.2) is 5.82 Å². The van der Waals surface area contributed by atoms with E-state index < -0.39 is 6.04 Å². The molecule has 0 spiro atoms. The number of aromatic nitrogens is 5. The summed E-state index contributed by atoms with van der Waals surface area (Å²) in [4.78, 5) is 21.1. The number of hydrogen-bond acceptors (Lipinski definition) is 7. The van der Waals surface area contributed by atoms with E-state index in [1.165, 1.54) is 18.6 Å². The van der Waals surface area contributed by atoms with E-state index in [0.717, 1.165) is 61.1 Å². The maximum atomic E-state index is 13.5. The van der Waals surface area contributed by atoms with Crippen LogP contribution in [-0.2, 0) is 0 Å². The Balaban J connectivity index is 1.38. The molecule has 2 fully saturated rings. The molecule has 9 nitrogen and oxygen atoms in total. The molecule has 1 atom stereocenters. The Hall–Kier alpha value is -3.79. The first-order chi connectivity index (χ1) is 18.6. The number of H-pyrrole nitrogens is 1. The third-order valence-electron chi connectivity index (χ3n) is 7.93. The van der Waals surface area contributed by atoms with Gasteiger partial charge >= 0.3 is 0 Å². The lowest BCUT2D eigenvalue weighted by molar-refractivity contribution is 0.192. The summed E-state index contributed by atoms with van der Waals surface area (Å²) in [5.41, 5.74) is 2.22. The summed E-state index contributed by atoms with van der Waals surface area (Å²) in [5.74, 6) is 1.20. The van der Waals surface area contributed by atoms with Crippen molar-refractivity contribution < 1.29 is 9.13 Å². The van der Waals surface area contributed by atoms with Crippen molar-refractivity contribution in [2.45, 2.75) is 44.2 Å². The first kappa shape index (κ1) is 24.5. The van der Waals surface area contributed by atoms with Crippen LogP contribution in [0.3, 0.4) is 0 Å². The van der Waals surface area contributed by atoms with Gasteiger partial charge in [0.05, 0.1) is 13.2 Å². The first-order valence-corrected chi connectivity index (χ1v) is 13.3. The Kier molecular flexibility index (Phi) is 6.80. The molecular formula is C28H32FN7O2. The van der Waals surface area contributed by atoms with Crippen LogP contribution in [0.2, 0.25) is 0 Å². The maximum absolute atomic E-state index is 13.5. The van der Waals surface area contributed by atoms with E-state index in [1.807, 2.05) is 41.1 Å². The van der Waals surface area contributed by atoms with Gasteiger partial charge in [0, 0.05) is 48.3 Å². The maximum Gasteiger partial charge on any atom is 0.253 e. The van der Waals surface area contributed by atoms with Gasteiger partial charge in [0.2, 0.25) is 0 Å². The molecule has 1 aliphatic heterocycles. The van der Waals surface area contributed by atoms with Gasteiger partial charge in [0.25, 0.3) is 5.56 Å². The predicted octanol–water partition coefficient (Wildman–Crippen LogP) is 4.08. The molecule has 1 saturated heterocycles. The lowest BCUT2D eigenvalue weighted by Crippen LogP contribution is -2.49. The highest BCUT2D eigenvalue weighted by Crippen LogP contribution is 2.34. The molecule has 1 aliphatic carbocycles. The second-order valence-electron chi connectivity index (χ2n) is 10.2. The van der Waals surface area contributed by atoms with Crippen LogP contribution in [0, 0.1) is 5.82 Å². The molecule has 0 unspecified atom stereocenters. The molecule has 0 radical (unpaired) electrons. The molecule has 2 aromatic heterocycles. The number of rotatable bonds is 6. The number of anilines is 1. The van der Waals surface area contributed by atoms with Gasteiger partial charge in [-0.15, -0.1) is 5.10 Å². The van der Waals surface area contributed by atoms with E-state index >= 15 is 0 Å². The number of tetrazole rings is 1. The molecule has 6 rings (SSSR count). The van der Waals surface area contributed by atoms with Gasteiger partial charge in [-0.2, -0.15) is 0 Å². The van der Waals surface area contributed by atoms with Crippen molar-refractivity contribution in [3.63, 3.8) is 0 Å². The normalized spacial score (nSPS) is 18.1. The third kappa shape index (κ3) is 4.76. The van der Waals surface area contributed by atoms with Gasteiger partial charge in [-0.25, -0.2) is 9.07 Å². The zero-order chi connectivity index (χ0) is 26.1. The number of ether oxygens (including phenoxy) is 1. The highest BCUT2D eigenvalue weighted by atomic mass is 19.1. The Labute approximate surface area is 220 Å². The minimum absolute atomic E-state index is 0.146. The smallest absolute Gasteiger partial charge is 0.253 e. The zero-order valence-corrected chi connectivity index (χ0v) is 21.5. The third-order valence-corrected chi connectivity index (χ3v) is 7.93. The van der Waals surface area contributed by atoms with Crippen molar-refractivity contribution >= 4 is 16.6 Å². The second-order valence-corrected chi connectivity index (χ2v) is 10.2. The van der Waals surface area contributed by atoms with Crippen LogP contribution in [0.25, 0.3) is 10.9 Å². The Morgan fingerprint density at radius 3 is 2.50 bits per heavy atom. The fourth-order valence-corrected chi connectivity index (χ4v) is 5.89. The summed E-state index contributed by atoms with van der Waals surface area (Å²) < 4.78 is 20.9. The average Bonchev–Trinajstić information content (AvgIpc) is 3.44. The monoisotopic (exact) mass is 517 g/mol. The fourth-order valence-electron chi connectivity index (χ4n) is 5.89. The average molecular weight is 518 g/mol. The van der Waals surface area contributed by atoms with E-state index in [1.54, 1.807) is 7.11 Å². The van der Waals surface area contributed by atoms with Crippen molar-refractivity contribution in [2.75, 3.05) is 38.2 Å². The second kappa shape index (κ2) is 10.5. The van der Waals surface area contributed by atoms with E-state index in [4.69, 9.17) is 4.74 Å². The molecule has 4 aromatic rings. The number of piperazine rings is 1. The van der Waals surface area contributed by atoms with Crippen LogP contribution in [0.5, 0.6) is 5.75 Å². The Bertz CT molecular complexity index is 1450. The van der Waals surface area contributed by atoms with Gasteiger partial charge in [0.1, 0.15) is 17.6 Å². The van der Waals surface area contributed by atoms with Crippen molar-refractivity contribution in [3.8, 4) is 5.75 Å².